The zero-order chi connectivity index (χ0) is 10.3. The average Bonchev–Trinajstić information content (AvgIpc) is 2.69. The molecule has 2 heterocycles. The van der Waals surface area contributed by atoms with Crippen molar-refractivity contribution in [2.75, 3.05) is 0 Å². The minimum absolute atomic E-state index is 1.10. The van der Waals surface area contributed by atoms with Crippen molar-refractivity contribution in [3.05, 3.63) is 35.8 Å². The Balaban J connectivity index is 1.93. The van der Waals surface area contributed by atoms with Crippen LogP contribution in [0.3, 0.4) is 0 Å². The second kappa shape index (κ2) is 5.79. The van der Waals surface area contributed by atoms with Crippen molar-refractivity contribution in [3.8, 4) is 0 Å². The van der Waals surface area contributed by atoms with Crippen molar-refractivity contribution >= 4 is 0 Å². The van der Waals surface area contributed by atoms with Crippen molar-refractivity contribution in [1.82, 2.24) is 0 Å². The van der Waals surface area contributed by atoms with Crippen LogP contribution in [-0.4, -0.2) is 0 Å². The molecule has 0 unspecified atom stereocenters. The summed E-state index contributed by atoms with van der Waals surface area (Å²) < 4.78 is 5.78. The standard InChI is InChI=1S/C14H20O/c1-2-4-6-8-10-14-12-11-13(15-14)9-7-5-3-1/h1-2,11-12H,3-10H2/b2-1-. The fourth-order valence-electron chi connectivity index (χ4n) is 2.05. The normalized spacial score (nSPS) is 21.1. The van der Waals surface area contributed by atoms with Gasteiger partial charge in [0.2, 0.25) is 0 Å². The Bertz CT molecular complexity index is 280. The van der Waals surface area contributed by atoms with E-state index in [2.05, 4.69) is 24.3 Å². The van der Waals surface area contributed by atoms with Gasteiger partial charge in [-0.1, -0.05) is 12.2 Å². The Morgan fingerprint density at radius 2 is 1.27 bits per heavy atom. The molecule has 1 aromatic heterocycles. The van der Waals surface area contributed by atoms with Gasteiger partial charge in [0.1, 0.15) is 11.5 Å². The molecule has 1 aliphatic heterocycles. The maximum atomic E-state index is 5.78. The van der Waals surface area contributed by atoms with Gasteiger partial charge < -0.3 is 4.42 Å². The summed E-state index contributed by atoms with van der Waals surface area (Å²) >= 11 is 0. The molecule has 0 N–H and O–H groups in total. The largest absolute Gasteiger partial charge is 0.466 e. The Morgan fingerprint density at radius 1 is 0.733 bits per heavy atom. The first-order valence-corrected chi connectivity index (χ1v) is 6.18. The van der Waals surface area contributed by atoms with Crippen molar-refractivity contribution in [2.24, 2.45) is 0 Å². The molecule has 2 bridgehead atoms. The molecule has 0 amide bonds. The maximum Gasteiger partial charge on any atom is 0.104 e. The van der Waals surface area contributed by atoms with Crippen molar-refractivity contribution in [3.63, 3.8) is 0 Å². The van der Waals surface area contributed by atoms with E-state index in [4.69, 9.17) is 4.42 Å². The first-order chi connectivity index (χ1) is 7.45. The van der Waals surface area contributed by atoms with E-state index in [1.54, 1.807) is 0 Å². The van der Waals surface area contributed by atoms with E-state index in [0.717, 1.165) is 12.8 Å². The molecular weight excluding hydrogens is 184 g/mol. The summed E-state index contributed by atoms with van der Waals surface area (Å²) in [7, 11) is 0. The molecule has 0 aromatic carbocycles. The summed E-state index contributed by atoms with van der Waals surface area (Å²) in [5.74, 6) is 2.35. The molecule has 0 aliphatic carbocycles. The summed E-state index contributed by atoms with van der Waals surface area (Å²) in [4.78, 5) is 0. The van der Waals surface area contributed by atoms with E-state index in [-0.39, 0.29) is 0 Å². The second-order valence-electron chi connectivity index (χ2n) is 4.33. The number of hydrogen-bond acceptors (Lipinski definition) is 1. The van der Waals surface area contributed by atoms with E-state index in [1.807, 2.05) is 0 Å². The van der Waals surface area contributed by atoms with Crippen LogP contribution in [0.4, 0.5) is 0 Å². The molecule has 0 radical (unpaired) electrons. The summed E-state index contributed by atoms with van der Waals surface area (Å²) in [6.07, 6.45) is 14.4. The second-order valence-corrected chi connectivity index (χ2v) is 4.33. The van der Waals surface area contributed by atoms with Gasteiger partial charge in [-0.3, -0.25) is 0 Å². The van der Waals surface area contributed by atoms with Crippen LogP contribution in [0.1, 0.15) is 50.0 Å². The summed E-state index contributed by atoms with van der Waals surface area (Å²) in [5.41, 5.74) is 0. The first-order valence-electron chi connectivity index (χ1n) is 6.18. The Hall–Kier alpha value is -0.980. The van der Waals surface area contributed by atoms with Crippen molar-refractivity contribution in [1.29, 1.82) is 0 Å². The number of furan rings is 1. The highest BCUT2D eigenvalue weighted by Gasteiger charge is 2.02. The Kier molecular flexibility index (Phi) is 4.07. The lowest BCUT2D eigenvalue weighted by Gasteiger charge is -1.96. The highest BCUT2D eigenvalue weighted by Crippen LogP contribution is 2.15. The quantitative estimate of drug-likeness (QED) is 0.575. The summed E-state index contributed by atoms with van der Waals surface area (Å²) in [6, 6.07) is 4.30. The molecule has 15 heavy (non-hydrogen) atoms. The van der Waals surface area contributed by atoms with Gasteiger partial charge in [0.05, 0.1) is 0 Å². The van der Waals surface area contributed by atoms with E-state index in [1.165, 1.54) is 50.0 Å². The number of fused-ring (bicyclic) bond motifs is 2. The van der Waals surface area contributed by atoms with Crippen molar-refractivity contribution in [2.45, 2.75) is 51.4 Å². The van der Waals surface area contributed by atoms with Crippen LogP contribution in [0, 0.1) is 0 Å². The highest BCUT2D eigenvalue weighted by molar-refractivity contribution is 5.07. The third kappa shape index (κ3) is 3.58. The molecule has 2 rings (SSSR count). The lowest BCUT2D eigenvalue weighted by atomic mass is 10.1. The van der Waals surface area contributed by atoms with Crippen LogP contribution in [0.15, 0.2) is 28.7 Å². The number of allylic oxidation sites excluding steroid dienone is 2. The Morgan fingerprint density at radius 3 is 1.80 bits per heavy atom. The molecule has 0 fully saturated rings. The molecule has 1 nitrogen and oxygen atoms in total. The van der Waals surface area contributed by atoms with Gasteiger partial charge in [-0.15, -0.1) is 0 Å². The SMILES string of the molecule is C1=C\CCCCc2ccc(o2)CCCC/1. The molecule has 1 aliphatic rings. The van der Waals surface area contributed by atoms with Gasteiger partial charge >= 0.3 is 0 Å². The van der Waals surface area contributed by atoms with Gasteiger partial charge in [0.15, 0.2) is 0 Å². The molecule has 0 saturated heterocycles. The van der Waals surface area contributed by atoms with Crippen LogP contribution in [-0.2, 0) is 12.8 Å². The molecule has 0 spiro atoms. The van der Waals surface area contributed by atoms with E-state index >= 15 is 0 Å². The molecule has 1 aromatic rings. The fraction of sp³-hybridized carbons (Fsp3) is 0.571. The van der Waals surface area contributed by atoms with Gasteiger partial charge in [-0.05, 0) is 50.7 Å². The summed E-state index contributed by atoms with van der Waals surface area (Å²) in [5, 5.41) is 0. The maximum absolute atomic E-state index is 5.78. The molecule has 0 saturated carbocycles. The van der Waals surface area contributed by atoms with Crippen LogP contribution in [0.2, 0.25) is 0 Å². The predicted molar refractivity (Wildman–Crippen MR) is 63.0 cm³/mol. The van der Waals surface area contributed by atoms with Gasteiger partial charge in [0.25, 0.3) is 0 Å². The van der Waals surface area contributed by atoms with E-state index in [0.29, 0.717) is 0 Å². The molecule has 0 atom stereocenters. The van der Waals surface area contributed by atoms with Crippen LogP contribution < -0.4 is 0 Å². The van der Waals surface area contributed by atoms with Gasteiger partial charge in [0, 0.05) is 12.8 Å². The van der Waals surface area contributed by atoms with Gasteiger partial charge in [-0.25, -0.2) is 0 Å². The Labute approximate surface area is 92.2 Å². The van der Waals surface area contributed by atoms with E-state index < -0.39 is 0 Å². The third-order valence-electron chi connectivity index (χ3n) is 2.97. The fourth-order valence-corrected chi connectivity index (χ4v) is 2.05. The highest BCUT2D eigenvalue weighted by atomic mass is 16.3. The average molecular weight is 204 g/mol. The molecular formula is C14H20O. The van der Waals surface area contributed by atoms with Crippen LogP contribution in [0.5, 0.6) is 0 Å². The number of hydrogen-bond donors (Lipinski definition) is 0. The minimum atomic E-state index is 1.10. The zero-order valence-electron chi connectivity index (χ0n) is 9.37. The monoisotopic (exact) mass is 204 g/mol. The van der Waals surface area contributed by atoms with Gasteiger partial charge in [-0.2, -0.15) is 0 Å². The molecule has 82 valence electrons. The smallest absolute Gasteiger partial charge is 0.104 e. The predicted octanol–water partition coefficient (Wildman–Crippen LogP) is 4.28. The van der Waals surface area contributed by atoms with E-state index in [9.17, 15) is 0 Å². The van der Waals surface area contributed by atoms with Crippen LogP contribution >= 0.6 is 0 Å². The minimum Gasteiger partial charge on any atom is -0.466 e. The van der Waals surface area contributed by atoms with Crippen LogP contribution in [0.25, 0.3) is 0 Å². The van der Waals surface area contributed by atoms with Crippen molar-refractivity contribution < 1.29 is 4.42 Å². The lowest BCUT2D eigenvalue weighted by molar-refractivity contribution is 0.451. The third-order valence-corrected chi connectivity index (χ3v) is 2.97. The lowest BCUT2D eigenvalue weighted by Crippen LogP contribution is -1.82. The number of rotatable bonds is 0. The topological polar surface area (TPSA) is 13.1 Å². The molecule has 1 heteroatoms. The summed E-state index contributed by atoms with van der Waals surface area (Å²) in [6.45, 7) is 0. The zero-order valence-corrected chi connectivity index (χ0v) is 9.37. The number of aryl methyl sites for hydroxylation is 2. The first kappa shape index (κ1) is 10.5.